The molecule has 4 nitrogen and oxygen atoms in total. The van der Waals surface area contributed by atoms with Crippen LogP contribution in [0, 0.1) is 25.2 Å². The molecule has 0 spiro atoms. The van der Waals surface area contributed by atoms with Crippen LogP contribution in [-0.2, 0) is 0 Å². The molecular weight excluding hydrogens is 228 g/mol. The van der Waals surface area contributed by atoms with Gasteiger partial charge < -0.3 is 9.67 Å². The van der Waals surface area contributed by atoms with Crippen molar-refractivity contribution in [2.75, 3.05) is 0 Å². The molecule has 0 saturated heterocycles. The first-order valence-corrected chi connectivity index (χ1v) is 5.47. The number of aromatic nitrogens is 1. The van der Waals surface area contributed by atoms with Gasteiger partial charge in [0.1, 0.15) is 0 Å². The Morgan fingerprint density at radius 1 is 1.33 bits per heavy atom. The fraction of sp³-hybridized carbons (Fsp3) is 0.143. The van der Waals surface area contributed by atoms with Gasteiger partial charge in [-0.1, -0.05) is 6.07 Å². The molecule has 2 aromatic rings. The zero-order valence-electron chi connectivity index (χ0n) is 10.1. The monoisotopic (exact) mass is 240 g/mol. The maximum atomic E-state index is 11.1. The third-order valence-corrected chi connectivity index (χ3v) is 2.89. The van der Waals surface area contributed by atoms with Gasteiger partial charge in [-0.15, -0.1) is 0 Å². The average molecular weight is 240 g/mol. The lowest BCUT2D eigenvalue weighted by atomic mass is 10.2. The highest BCUT2D eigenvalue weighted by molar-refractivity contribution is 5.89. The van der Waals surface area contributed by atoms with Crippen LogP contribution in [0.4, 0.5) is 0 Å². The molecule has 0 aliphatic rings. The highest BCUT2D eigenvalue weighted by atomic mass is 16.4. The molecule has 1 aromatic carbocycles. The molecule has 1 N–H and O–H groups in total. The number of carboxylic acid groups (broad SMARTS) is 1. The lowest BCUT2D eigenvalue weighted by Gasteiger charge is -2.09. The molecule has 0 bridgehead atoms. The van der Waals surface area contributed by atoms with E-state index >= 15 is 0 Å². The van der Waals surface area contributed by atoms with Crippen LogP contribution >= 0.6 is 0 Å². The number of aromatic carboxylic acids is 1. The number of carbonyl (C=O) groups is 1. The van der Waals surface area contributed by atoms with E-state index in [1.54, 1.807) is 31.2 Å². The van der Waals surface area contributed by atoms with E-state index in [-0.39, 0.29) is 5.56 Å². The van der Waals surface area contributed by atoms with E-state index in [1.807, 2.05) is 17.6 Å². The van der Waals surface area contributed by atoms with Crippen molar-refractivity contribution >= 4 is 5.97 Å². The van der Waals surface area contributed by atoms with Crippen LogP contribution in [0.25, 0.3) is 5.69 Å². The van der Waals surface area contributed by atoms with Gasteiger partial charge in [-0.2, -0.15) is 5.26 Å². The molecule has 1 aromatic heterocycles. The van der Waals surface area contributed by atoms with Gasteiger partial charge >= 0.3 is 5.97 Å². The Kier molecular flexibility index (Phi) is 2.90. The van der Waals surface area contributed by atoms with Crippen LogP contribution in [0.15, 0.2) is 30.3 Å². The minimum Gasteiger partial charge on any atom is -0.478 e. The number of benzene rings is 1. The largest absolute Gasteiger partial charge is 0.478 e. The summed E-state index contributed by atoms with van der Waals surface area (Å²) in [6.07, 6.45) is 0. The van der Waals surface area contributed by atoms with Crippen molar-refractivity contribution < 1.29 is 9.90 Å². The van der Waals surface area contributed by atoms with Crippen molar-refractivity contribution in [3.8, 4) is 11.8 Å². The van der Waals surface area contributed by atoms with Crippen molar-refractivity contribution in [2.24, 2.45) is 0 Å². The summed E-state index contributed by atoms with van der Waals surface area (Å²) in [5.41, 5.74) is 3.14. The second-order valence-corrected chi connectivity index (χ2v) is 4.09. The van der Waals surface area contributed by atoms with E-state index in [0.29, 0.717) is 11.3 Å². The Morgan fingerprint density at radius 2 is 2.06 bits per heavy atom. The molecule has 4 heteroatoms. The quantitative estimate of drug-likeness (QED) is 0.877. The SMILES string of the molecule is Cc1cc(C(=O)O)c(C)n1-c1cccc(C#N)c1. The molecule has 2 rings (SSSR count). The van der Waals surface area contributed by atoms with Crippen LogP contribution in [0.5, 0.6) is 0 Å². The average Bonchev–Trinajstić information content (AvgIpc) is 2.65. The molecule has 0 saturated carbocycles. The van der Waals surface area contributed by atoms with Crippen LogP contribution < -0.4 is 0 Å². The third-order valence-electron chi connectivity index (χ3n) is 2.89. The number of aryl methyl sites for hydroxylation is 1. The molecule has 0 aliphatic heterocycles. The van der Waals surface area contributed by atoms with Gasteiger partial charge in [0.05, 0.1) is 17.2 Å². The fourth-order valence-corrected chi connectivity index (χ4v) is 2.09. The molecule has 0 amide bonds. The Labute approximate surface area is 105 Å². The van der Waals surface area contributed by atoms with Crippen LogP contribution in [-0.4, -0.2) is 15.6 Å². The number of hydrogen-bond acceptors (Lipinski definition) is 2. The first kappa shape index (κ1) is 11.9. The Bertz CT molecular complexity index is 663. The smallest absolute Gasteiger partial charge is 0.337 e. The summed E-state index contributed by atoms with van der Waals surface area (Å²) in [5.74, 6) is -0.939. The van der Waals surface area contributed by atoms with E-state index in [0.717, 1.165) is 11.4 Å². The van der Waals surface area contributed by atoms with E-state index < -0.39 is 5.97 Å². The van der Waals surface area contributed by atoms with Crippen molar-refractivity contribution in [1.29, 1.82) is 5.26 Å². The predicted octanol–water partition coefficient (Wildman–Crippen LogP) is 2.66. The second-order valence-electron chi connectivity index (χ2n) is 4.09. The summed E-state index contributed by atoms with van der Waals surface area (Å²) in [5, 5.41) is 18.0. The van der Waals surface area contributed by atoms with Crippen molar-refractivity contribution in [3.05, 3.63) is 52.8 Å². The van der Waals surface area contributed by atoms with Crippen molar-refractivity contribution in [3.63, 3.8) is 0 Å². The molecule has 0 aliphatic carbocycles. The highest BCUT2D eigenvalue weighted by Crippen LogP contribution is 2.21. The van der Waals surface area contributed by atoms with Crippen LogP contribution in [0.3, 0.4) is 0 Å². The summed E-state index contributed by atoms with van der Waals surface area (Å²) in [4.78, 5) is 11.1. The van der Waals surface area contributed by atoms with Gasteiger partial charge in [-0.25, -0.2) is 4.79 Å². The van der Waals surface area contributed by atoms with Gasteiger partial charge in [0.15, 0.2) is 0 Å². The molecule has 18 heavy (non-hydrogen) atoms. The summed E-state index contributed by atoms with van der Waals surface area (Å²) >= 11 is 0. The van der Waals surface area contributed by atoms with Gasteiger partial charge in [0.2, 0.25) is 0 Å². The summed E-state index contributed by atoms with van der Waals surface area (Å²) in [6, 6.07) is 10.8. The lowest BCUT2D eigenvalue weighted by Crippen LogP contribution is -2.02. The van der Waals surface area contributed by atoms with E-state index in [2.05, 4.69) is 6.07 Å². The minimum absolute atomic E-state index is 0.287. The highest BCUT2D eigenvalue weighted by Gasteiger charge is 2.15. The van der Waals surface area contributed by atoms with E-state index in [1.165, 1.54) is 0 Å². The maximum Gasteiger partial charge on any atom is 0.337 e. The second kappa shape index (κ2) is 4.38. The van der Waals surface area contributed by atoms with Crippen LogP contribution in [0.2, 0.25) is 0 Å². The minimum atomic E-state index is -0.939. The Morgan fingerprint density at radius 3 is 2.61 bits per heavy atom. The maximum absolute atomic E-state index is 11.1. The third kappa shape index (κ3) is 1.87. The normalized spacial score (nSPS) is 10.1. The number of hydrogen-bond donors (Lipinski definition) is 1. The molecule has 0 fully saturated rings. The standard InChI is InChI=1S/C14H12N2O2/c1-9-6-13(14(17)18)10(2)16(9)12-5-3-4-11(7-12)8-15/h3-7H,1-2H3,(H,17,18). The number of nitriles is 1. The van der Waals surface area contributed by atoms with Crippen molar-refractivity contribution in [2.45, 2.75) is 13.8 Å². The van der Waals surface area contributed by atoms with Crippen molar-refractivity contribution in [1.82, 2.24) is 4.57 Å². The summed E-state index contributed by atoms with van der Waals surface area (Å²) in [7, 11) is 0. The summed E-state index contributed by atoms with van der Waals surface area (Å²) in [6.45, 7) is 3.61. The lowest BCUT2D eigenvalue weighted by molar-refractivity contribution is 0.0696. The van der Waals surface area contributed by atoms with E-state index in [9.17, 15) is 4.79 Å². The zero-order valence-corrected chi connectivity index (χ0v) is 10.1. The molecule has 0 radical (unpaired) electrons. The molecule has 1 heterocycles. The van der Waals surface area contributed by atoms with Crippen LogP contribution in [0.1, 0.15) is 27.3 Å². The Balaban J connectivity index is 2.64. The zero-order chi connectivity index (χ0) is 13.3. The number of rotatable bonds is 2. The fourth-order valence-electron chi connectivity index (χ4n) is 2.09. The topological polar surface area (TPSA) is 66.0 Å². The van der Waals surface area contributed by atoms with Gasteiger partial charge in [-0.3, -0.25) is 0 Å². The number of carboxylic acids is 1. The molecule has 90 valence electrons. The van der Waals surface area contributed by atoms with Gasteiger partial charge in [0.25, 0.3) is 0 Å². The van der Waals surface area contributed by atoms with E-state index in [4.69, 9.17) is 10.4 Å². The molecule has 0 atom stereocenters. The first-order valence-electron chi connectivity index (χ1n) is 5.47. The molecule has 0 unspecified atom stereocenters. The first-order chi connectivity index (χ1) is 8.54. The Hall–Kier alpha value is -2.54. The van der Waals surface area contributed by atoms with Gasteiger partial charge in [-0.05, 0) is 38.1 Å². The molecular formula is C14H12N2O2. The number of nitrogens with zero attached hydrogens (tertiary/aromatic N) is 2. The summed E-state index contributed by atoms with van der Waals surface area (Å²) < 4.78 is 1.84. The predicted molar refractivity (Wildman–Crippen MR) is 66.9 cm³/mol. The van der Waals surface area contributed by atoms with Gasteiger partial charge in [0, 0.05) is 17.1 Å².